The molecule has 1 aromatic heterocycles. The number of benzene rings is 1. The van der Waals surface area contributed by atoms with Gasteiger partial charge in [0.05, 0.1) is 0 Å². The second kappa shape index (κ2) is 5.37. The molecule has 2 rings (SSSR count). The largest absolute Gasteiger partial charge is 0.457 e. The van der Waals surface area contributed by atoms with Crippen LogP contribution in [0.2, 0.25) is 0 Å². The minimum atomic E-state index is 0.566. The lowest BCUT2D eigenvalue weighted by atomic mass is 10.3. The number of anilines is 2. The van der Waals surface area contributed by atoms with Gasteiger partial charge in [-0.25, -0.2) is 10.8 Å². The number of hydrazine groups is 1. The van der Waals surface area contributed by atoms with Crippen molar-refractivity contribution in [2.24, 2.45) is 5.84 Å². The van der Waals surface area contributed by atoms with Crippen molar-refractivity contribution in [1.82, 2.24) is 4.98 Å². The number of pyridine rings is 1. The molecule has 0 saturated carbocycles. The Morgan fingerprint density at radius 1 is 1.17 bits per heavy atom. The number of ether oxygens (including phenoxy) is 1. The Hall–Kier alpha value is -2.27. The summed E-state index contributed by atoms with van der Waals surface area (Å²) in [7, 11) is 3.98. The summed E-state index contributed by atoms with van der Waals surface area (Å²) < 4.78 is 5.75. The highest BCUT2D eigenvalue weighted by Crippen LogP contribution is 2.25. The van der Waals surface area contributed by atoms with Crippen LogP contribution in [0.5, 0.6) is 11.5 Å². The van der Waals surface area contributed by atoms with Crippen LogP contribution in [0.3, 0.4) is 0 Å². The molecule has 2 aromatic rings. The van der Waals surface area contributed by atoms with Crippen molar-refractivity contribution in [3.8, 4) is 11.5 Å². The van der Waals surface area contributed by atoms with E-state index in [1.165, 1.54) is 0 Å². The van der Waals surface area contributed by atoms with Crippen LogP contribution in [-0.2, 0) is 0 Å². The van der Waals surface area contributed by atoms with Gasteiger partial charge in [-0.2, -0.15) is 0 Å². The highest BCUT2D eigenvalue weighted by molar-refractivity contribution is 5.50. The maximum absolute atomic E-state index is 5.75. The molecule has 0 aliphatic carbocycles. The first-order valence-corrected chi connectivity index (χ1v) is 5.57. The van der Waals surface area contributed by atoms with E-state index in [0.29, 0.717) is 11.6 Å². The van der Waals surface area contributed by atoms with Gasteiger partial charge in [0.25, 0.3) is 0 Å². The summed E-state index contributed by atoms with van der Waals surface area (Å²) in [6.45, 7) is 0. The fourth-order valence-electron chi connectivity index (χ4n) is 1.51. The second-order valence-electron chi connectivity index (χ2n) is 4.01. The van der Waals surface area contributed by atoms with Crippen LogP contribution in [0.1, 0.15) is 0 Å². The number of nitrogens with two attached hydrogens (primary N) is 1. The molecule has 18 heavy (non-hydrogen) atoms. The summed E-state index contributed by atoms with van der Waals surface area (Å²) in [5.41, 5.74) is 3.57. The molecule has 1 aromatic carbocycles. The zero-order chi connectivity index (χ0) is 13.0. The van der Waals surface area contributed by atoms with Crippen molar-refractivity contribution in [2.45, 2.75) is 0 Å². The van der Waals surface area contributed by atoms with Gasteiger partial charge in [0.2, 0.25) is 0 Å². The van der Waals surface area contributed by atoms with Gasteiger partial charge in [-0.15, -0.1) is 0 Å². The van der Waals surface area contributed by atoms with E-state index in [1.807, 2.05) is 43.3 Å². The minimum absolute atomic E-state index is 0.566. The van der Waals surface area contributed by atoms with Gasteiger partial charge in [-0.05, 0) is 18.2 Å². The molecule has 5 nitrogen and oxygen atoms in total. The summed E-state index contributed by atoms with van der Waals surface area (Å²) in [5.74, 6) is 7.33. The van der Waals surface area contributed by atoms with Gasteiger partial charge >= 0.3 is 0 Å². The molecule has 1 heterocycles. The standard InChI is InChI=1S/C13H16N4O/c1-17(2)10-4-3-5-11(8-10)18-12-6-7-15-13(9-12)16-14/h3-9H,14H2,1-2H3,(H,15,16). The van der Waals surface area contributed by atoms with Crippen molar-refractivity contribution in [3.63, 3.8) is 0 Å². The third-order valence-electron chi connectivity index (χ3n) is 2.45. The fourth-order valence-corrected chi connectivity index (χ4v) is 1.51. The van der Waals surface area contributed by atoms with Crippen LogP contribution < -0.4 is 20.9 Å². The van der Waals surface area contributed by atoms with Crippen LogP contribution in [0.25, 0.3) is 0 Å². The van der Waals surface area contributed by atoms with Gasteiger partial charge in [-0.1, -0.05) is 6.07 Å². The monoisotopic (exact) mass is 244 g/mol. The van der Waals surface area contributed by atoms with Gasteiger partial charge in [0.15, 0.2) is 0 Å². The van der Waals surface area contributed by atoms with Crippen molar-refractivity contribution >= 4 is 11.5 Å². The Morgan fingerprint density at radius 2 is 1.94 bits per heavy atom. The maximum Gasteiger partial charge on any atom is 0.143 e. The Kier molecular flexibility index (Phi) is 3.64. The van der Waals surface area contributed by atoms with Gasteiger partial charge in [-0.3, -0.25) is 0 Å². The molecule has 0 aliphatic heterocycles. The predicted molar refractivity (Wildman–Crippen MR) is 72.9 cm³/mol. The highest BCUT2D eigenvalue weighted by atomic mass is 16.5. The average Bonchev–Trinajstić information content (AvgIpc) is 2.39. The Bertz CT molecular complexity index is 528. The number of hydrogen-bond acceptors (Lipinski definition) is 5. The number of rotatable bonds is 4. The number of hydrogen-bond donors (Lipinski definition) is 2. The first kappa shape index (κ1) is 12.2. The van der Waals surface area contributed by atoms with E-state index in [4.69, 9.17) is 10.6 Å². The van der Waals surface area contributed by atoms with E-state index in [0.717, 1.165) is 11.4 Å². The molecule has 0 unspecified atom stereocenters. The quantitative estimate of drug-likeness (QED) is 0.638. The summed E-state index contributed by atoms with van der Waals surface area (Å²) in [6.07, 6.45) is 1.64. The molecule has 0 amide bonds. The van der Waals surface area contributed by atoms with Crippen molar-refractivity contribution < 1.29 is 4.74 Å². The Balaban J connectivity index is 2.20. The summed E-state index contributed by atoms with van der Waals surface area (Å²) in [4.78, 5) is 6.04. The second-order valence-corrected chi connectivity index (χ2v) is 4.01. The topological polar surface area (TPSA) is 63.4 Å². The van der Waals surface area contributed by atoms with E-state index in [2.05, 4.69) is 10.4 Å². The van der Waals surface area contributed by atoms with Crippen LogP contribution in [0, 0.1) is 0 Å². The molecule has 94 valence electrons. The van der Waals surface area contributed by atoms with Crippen LogP contribution in [0.15, 0.2) is 42.6 Å². The van der Waals surface area contributed by atoms with Gasteiger partial charge < -0.3 is 15.1 Å². The van der Waals surface area contributed by atoms with E-state index in [9.17, 15) is 0 Å². The van der Waals surface area contributed by atoms with Gasteiger partial charge in [0.1, 0.15) is 17.3 Å². The lowest BCUT2D eigenvalue weighted by Crippen LogP contribution is -2.08. The third-order valence-corrected chi connectivity index (χ3v) is 2.45. The molecule has 0 bridgehead atoms. The molecule has 0 fully saturated rings. The molecule has 3 N–H and O–H groups in total. The average molecular weight is 244 g/mol. The number of nitrogens with one attached hydrogen (secondary N) is 1. The summed E-state index contributed by atoms with van der Waals surface area (Å²) in [6, 6.07) is 11.4. The van der Waals surface area contributed by atoms with E-state index in [-0.39, 0.29) is 0 Å². The van der Waals surface area contributed by atoms with Crippen LogP contribution in [0.4, 0.5) is 11.5 Å². The van der Waals surface area contributed by atoms with Crippen LogP contribution >= 0.6 is 0 Å². The fraction of sp³-hybridized carbons (Fsp3) is 0.154. The molecule has 0 aliphatic rings. The predicted octanol–water partition coefficient (Wildman–Crippen LogP) is 2.23. The first-order chi connectivity index (χ1) is 8.69. The van der Waals surface area contributed by atoms with Crippen molar-refractivity contribution in [2.75, 3.05) is 24.4 Å². The Labute approximate surface area is 106 Å². The SMILES string of the molecule is CN(C)c1cccc(Oc2ccnc(NN)c2)c1. The summed E-state index contributed by atoms with van der Waals surface area (Å²) in [5, 5.41) is 0. The first-order valence-electron chi connectivity index (χ1n) is 5.57. The van der Waals surface area contributed by atoms with Crippen LogP contribution in [-0.4, -0.2) is 19.1 Å². The van der Waals surface area contributed by atoms with E-state index >= 15 is 0 Å². The number of nitrogens with zero attached hydrogens (tertiary/aromatic N) is 2. The molecular weight excluding hydrogens is 228 g/mol. The van der Waals surface area contributed by atoms with Crippen molar-refractivity contribution in [3.05, 3.63) is 42.6 Å². The molecule has 0 saturated heterocycles. The zero-order valence-electron chi connectivity index (χ0n) is 10.4. The van der Waals surface area contributed by atoms with Crippen molar-refractivity contribution in [1.29, 1.82) is 0 Å². The number of nitrogen functional groups attached to an aromatic ring is 1. The zero-order valence-corrected chi connectivity index (χ0v) is 10.4. The molecular formula is C13H16N4O. The molecule has 0 radical (unpaired) electrons. The lowest BCUT2D eigenvalue weighted by molar-refractivity contribution is 0.482. The minimum Gasteiger partial charge on any atom is -0.457 e. The number of aromatic nitrogens is 1. The maximum atomic E-state index is 5.75. The normalized spacial score (nSPS) is 9.94. The summed E-state index contributed by atoms with van der Waals surface area (Å²) >= 11 is 0. The molecule has 0 spiro atoms. The smallest absolute Gasteiger partial charge is 0.143 e. The third kappa shape index (κ3) is 2.89. The Morgan fingerprint density at radius 3 is 2.67 bits per heavy atom. The lowest BCUT2D eigenvalue weighted by Gasteiger charge is -2.14. The van der Waals surface area contributed by atoms with E-state index in [1.54, 1.807) is 18.3 Å². The molecule has 0 atom stereocenters. The molecule has 5 heteroatoms. The highest BCUT2D eigenvalue weighted by Gasteiger charge is 2.01. The van der Waals surface area contributed by atoms with Gasteiger partial charge in [0, 0.05) is 38.1 Å². The van der Waals surface area contributed by atoms with E-state index < -0.39 is 0 Å².